The van der Waals surface area contributed by atoms with Crippen LogP contribution in [0.1, 0.15) is 48.5 Å². The summed E-state index contributed by atoms with van der Waals surface area (Å²) in [6.07, 6.45) is -0.484. The zero-order valence-corrected chi connectivity index (χ0v) is 12.0. The predicted octanol–water partition coefficient (Wildman–Crippen LogP) is 2.76. The van der Waals surface area contributed by atoms with Crippen LogP contribution in [0.5, 0.6) is 0 Å². The molecular weight excluding hydrogens is 218 g/mol. The predicted molar refractivity (Wildman–Crippen MR) is 67.9 cm³/mol. The average Bonchev–Trinajstić information content (AvgIpc) is 2.11. The molecule has 0 fully saturated rings. The second-order valence-electron chi connectivity index (χ2n) is 6.26. The summed E-state index contributed by atoms with van der Waals surface area (Å²) in [6, 6.07) is 0. The second-order valence-corrected chi connectivity index (χ2v) is 6.26. The summed E-state index contributed by atoms with van der Waals surface area (Å²) < 4.78 is 5.11. The Morgan fingerprint density at radius 1 is 1.12 bits per heavy atom. The van der Waals surface area contributed by atoms with Crippen LogP contribution >= 0.6 is 0 Å². The van der Waals surface area contributed by atoms with E-state index in [0.717, 1.165) is 0 Å². The molecular formula is C13H25NO3. The molecule has 0 rings (SSSR count). The molecule has 0 aliphatic rings. The van der Waals surface area contributed by atoms with E-state index in [1.165, 1.54) is 0 Å². The standard InChI is InChI=1S/C13H25NO3/c1-9(2)10(15)13(6,7)8-14-11(16)17-12(3,4)5/h9H,8H2,1-7H3,(H,14,16). The maximum atomic E-state index is 11.9. The van der Waals surface area contributed by atoms with Crippen molar-refractivity contribution in [3.8, 4) is 0 Å². The Bertz CT molecular complexity index is 288. The Morgan fingerprint density at radius 3 is 1.94 bits per heavy atom. The summed E-state index contributed by atoms with van der Waals surface area (Å²) in [5.41, 5.74) is -1.08. The Hall–Kier alpha value is -1.06. The van der Waals surface area contributed by atoms with E-state index in [1.54, 1.807) is 20.8 Å². The number of carbonyl (C=O) groups excluding carboxylic acids is 2. The van der Waals surface area contributed by atoms with Crippen molar-refractivity contribution >= 4 is 11.9 Å². The van der Waals surface area contributed by atoms with Crippen molar-refractivity contribution in [3.05, 3.63) is 0 Å². The molecule has 0 aromatic heterocycles. The van der Waals surface area contributed by atoms with Gasteiger partial charge in [0.1, 0.15) is 11.4 Å². The molecule has 4 nitrogen and oxygen atoms in total. The van der Waals surface area contributed by atoms with E-state index in [9.17, 15) is 9.59 Å². The number of rotatable bonds is 4. The van der Waals surface area contributed by atoms with Crippen LogP contribution in [0.25, 0.3) is 0 Å². The van der Waals surface area contributed by atoms with Crippen molar-refractivity contribution in [2.24, 2.45) is 11.3 Å². The van der Waals surface area contributed by atoms with E-state index >= 15 is 0 Å². The third-order valence-electron chi connectivity index (χ3n) is 2.26. The highest BCUT2D eigenvalue weighted by molar-refractivity contribution is 5.86. The van der Waals surface area contributed by atoms with Gasteiger partial charge in [0.25, 0.3) is 0 Å². The lowest BCUT2D eigenvalue weighted by molar-refractivity contribution is -0.129. The fourth-order valence-electron chi connectivity index (χ4n) is 1.48. The van der Waals surface area contributed by atoms with Gasteiger partial charge in [0, 0.05) is 17.9 Å². The first-order valence-corrected chi connectivity index (χ1v) is 5.97. The van der Waals surface area contributed by atoms with Gasteiger partial charge in [-0.2, -0.15) is 0 Å². The summed E-state index contributed by atoms with van der Waals surface area (Å²) >= 11 is 0. The number of ketones is 1. The van der Waals surface area contributed by atoms with Crippen LogP contribution in [-0.4, -0.2) is 24.0 Å². The summed E-state index contributed by atoms with van der Waals surface area (Å²) in [5, 5.41) is 2.63. The minimum Gasteiger partial charge on any atom is -0.444 e. The van der Waals surface area contributed by atoms with Crippen molar-refractivity contribution in [2.45, 2.75) is 54.1 Å². The molecule has 0 unspecified atom stereocenters. The molecule has 0 saturated heterocycles. The molecule has 0 saturated carbocycles. The Labute approximate surface area is 104 Å². The SMILES string of the molecule is CC(C)C(=O)C(C)(C)CNC(=O)OC(C)(C)C. The number of hydrogen-bond acceptors (Lipinski definition) is 3. The number of carbonyl (C=O) groups is 2. The smallest absolute Gasteiger partial charge is 0.407 e. The first-order chi connectivity index (χ1) is 7.46. The molecule has 0 heterocycles. The molecule has 0 spiro atoms. The second kappa shape index (κ2) is 5.52. The first-order valence-electron chi connectivity index (χ1n) is 5.97. The van der Waals surface area contributed by atoms with Crippen LogP contribution in [0.15, 0.2) is 0 Å². The van der Waals surface area contributed by atoms with E-state index in [0.29, 0.717) is 6.54 Å². The molecule has 0 aliphatic carbocycles. The maximum absolute atomic E-state index is 11.9. The number of amides is 1. The minimum absolute atomic E-state index is 0.0366. The van der Waals surface area contributed by atoms with Crippen LogP contribution in [-0.2, 0) is 9.53 Å². The van der Waals surface area contributed by atoms with Gasteiger partial charge in [-0.05, 0) is 20.8 Å². The molecule has 1 amide bonds. The van der Waals surface area contributed by atoms with Crippen LogP contribution in [0.3, 0.4) is 0 Å². The third-order valence-corrected chi connectivity index (χ3v) is 2.26. The molecule has 17 heavy (non-hydrogen) atoms. The van der Waals surface area contributed by atoms with Gasteiger partial charge in [-0.15, -0.1) is 0 Å². The molecule has 0 radical (unpaired) electrons. The van der Waals surface area contributed by atoms with Gasteiger partial charge >= 0.3 is 6.09 Å². The van der Waals surface area contributed by atoms with Crippen LogP contribution in [0.4, 0.5) is 4.79 Å². The number of Topliss-reactive ketones (excluding diaryl/α,β-unsaturated/α-hetero) is 1. The highest BCUT2D eigenvalue weighted by atomic mass is 16.6. The van der Waals surface area contributed by atoms with Crippen molar-refractivity contribution < 1.29 is 14.3 Å². The van der Waals surface area contributed by atoms with Crippen LogP contribution in [0, 0.1) is 11.3 Å². The quantitative estimate of drug-likeness (QED) is 0.826. The first kappa shape index (κ1) is 15.9. The van der Waals surface area contributed by atoms with Gasteiger partial charge in [-0.1, -0.05) is 27.7 Å². The van der Waals surface area contributed by atoms with Gasteiger partial charge in [0.15, 0.2) is 0 Å². The Kier molecular flexibility index (Phi) is 5.17. The van der Waals surface area contributed by atoms with Crippen LogP contribution in [0.2, 0.25) is 0 Å². The Morgan fingerprint density at radius 2 is 1.59 bits per heavy atom. The van der Waals surface area contributed by atoms with Gasteiger partial charge in [-0.25, -0.2) is 4.79 Å². The van der Waals surface area contributed by atoms with Gasteiger partial charge in [-0.3, -0.25) is 4.79 Å². The maximum Gasteiger partial charge on any atom is 0.407 e. The molecule has 0 aromatic carbocycles. The highest BCUT2D eigenvalue weighted by Crippen LogP contribution is 2.20. The monoisotopic (exact) mass is 243 g/mol. The third kappa shape index (κ3) is 6.29. The number of nitrogens with one attached hydrogen (secondary N) is 1. The van der Waals surface area contributed by atoms with Crippen LogP contribution < -0.4 is 5.32 Å². The zero-order chi connectivity index (χ0) is 13.9. The number of alkyl carbamates (subject to hydrolysis) is 1. The molecule has 0 bridgehead atoms. The topological polar surface area (TPSA) is 55.4 Å². The molecule has 4 heteroatoms. The largest absolute Gasteiger partial charge is 0.444 e. The number of hydrogen-bond donors (Lipinski definition) is 1. The van der Waals surface area contributed by atoms with E-state index in [1.807, 2.05) is 27.7 Å². The molecule has 100 valence electrons. The van der Waals surface area contributed by atoms with E-state index < -0.39 is 17.1 Å². The normalized spacial score (nSPS) is 12.5. The lowest BCUT2D eigenvalue weighted by Crippen LogP contribution is -2.42. The van der Waals surface area contributed by atoms with Crippen molar-refractivity contribution in [1.29, 1.82) is 0 Å². The van der Waals surface area contributed by atoms with E-state index in [-0.39, 0.29) is 11.7 Å². The van der Waals surface area contributed by atoms with Crippen molar-refractivity contribution in [3.63, 3.8) is 0 Å². The fraction of sp³-hybridized carbons (Fsp3) is 0.846. The van der Waals surface area contributed by atoms with Gasteiger partial charge in [0.05, 0.1) is 0 Å². The summed E-state index contributed by atoms with van der Waals surface area (Å²) in [4.78, 5) is 23.3. The Balaban J connectivity index is 4.28. The number of ether oxygens (including phenoxy) is 1. The molecule has 0 atom stereocenters. The van der Waals surface area contributed by atoms with Crippen molar-refractivity contribution in [1.82, 2.24) is 5.32 Å². The van der Waals surface area contributed by atoms with Gasteiger partial charge < -0.3 is 10.1 Å². The zero-order valence-electron chi connectivity index (χ0n) is 12.0. The lowest BCUT2D eigenvalue weighted by atomic mass is 9.82. The molecule has 0 aromatic rings. The molecule has 0 aliphatic heterocycles. The minimum atomic E-state index is -0.564. The summed E-state index contributed by atoms with van der Waals surface area (Å²) in [5.74, 6) is 0.0963. The highest BCUT2D eigenvalue weighted by Gasteiger charge is 2.30. The average molecular weight is 243 g/mol. The summed E-state index contributed by atoms with van der Waals surface area (Å²) in [7, 11) is 0. The molecule has 1 N–H and O–H groups in total. The van der Waals surface area contributed by atoms with Crippen molar-refractivity contribution in [2.75, 3.05) is 6.54 Å². The van der Waals surface area contributed by atoms with Gasteiger partial charge in [0.2, 0.25) is 0 Å². The lowest BCUT2D eigenvalue weighted by Gasteiger charge is -2.26. The van der Waals surface area contributed by atoms with E-state index in [4.69, 9.17) is 4.74 Å². The fourth-order valence-corrected chi connectivity index (χ4v) is 1.48. The van der Waals surface area contributed by atoms with E-state index in [2.05, 4.69) is 5.32 Å². The summed E-state index contributed by atoms with van der Waals surface area (Å²) in [6.45, 7) is 13.1.